The van der Waals surface area contributed by atoms with Crippen molar-refractivity contribution in [1.29, 1.82) is 0 Å². The van der Waals surface area contributed by atoms with E-state index in [2.05, 4.69) is 71.8 Å². The van der Waals surface area contributed by atoms with Crippen LogP contribution in [0.5, 0.6) is 0 Å². The van der Waals surface area contributed by atoms with E-state index in [0.717, 1.165) is 43.0 Å². The van der Waals surface area contributed by atoms with Crippen molar-refractivity contribution in [2.24, 2.45) is 11.8 Å². The summed E-state index contributed by atoms with van der Waals surface area (Å²) in [4.78, 5) is 7.12. The fourth-order valence-electron chi connectivity index (χ4n) is 5.51. The molecule has 2 aromatic rings. The molecule has 2 fully saturated rings. The summed E-state index contributed by atoms with van der Waals surface area (Å²) in [5, 5.41) is 7.53. The standard InChI is InChI=1S/C26H36N4S/c1-20-15-21(2)18-30(17-20)24-12-11-23(16-27-24)29-25(31)28-19-26(13-7-4-8-14-26)22-9-5-3-6-10-22/h3,5-6,9-12,16,20-21H,4,7-8,13-15,17-19H2,1-2H3,(H2,28,29,31)/t20-,21-/m1/s1. The zero-order valence-electron chi connectivity index (χ0n) is 18.9. The Hall–Kier alpha value is -2.14. The lowest BCUT2D eigenvalue weighted by Gasteiger charge is -2.38. The monoisotopic (exact) mass is 436 g/mol. The third-order valence-corrected chi connectivity index (χ3v) is 7.23. The fourth-order valence-corrected chi connectivity index (χ4v) is 5.70. The predicted octanol–water partition coefficient (Wildman–Crippen LogP) is 5.75. The summed E-state index contributed by atoms with van der Waals surface area (Å²) in [6, 6.07) is 15.2. The first-order chi connectivity index (χ1) is 15.0. The van der Waals surface area contributed by atoms with Crippen molar-refractivity contribution in [2.75, 3.05) is 29.9 Å². The van der Waals surface area contributed by atoms with Crippen LogP contribution in [0.4, 0.5) is 11.5 Å². The summed E-state index contributed by atoms with van der Waals surface area (Å²) in [6.07, 6.45) is 9.56. The minimum absolute atomic E-state index is 0.176. The molecule has 166 valence electrons. The molecular formula is C26H36N4S. The molecule has 2 N–H and O–H groups in total. The third-order valence-electron chi connectivity index (χ3n) is 6.98. The van der Waals surface area contributed by atoms with E-state index >= 15 is 0 Å². The van der Waals surface area contributed by atoms with Crippen molar-refractivity contribution < 1.29 is 0 Å². The molecule has 1 aliphatic heterocycles. The number of thiocarbonyl (C=S) groups is 1. The number of hydrogen-bond acceptors (Lipinski definition) is 3. The van der Waals surface area contributed by atoms with E-state index in [1.165, 1.54) is 44.1 Å². The molecule has 0 amide bonds. The molecule has 1 aromatic carbocycles. The van der Waals surface area contributed by atoms with Gasteiger partial charge in [0.15, 0.2) is 5.11 Å². The Morgan fingerprint density at radius 1 is 1.03 bits per heavy atom. The lowest BCUT2D eigenvalue weighted by molar-refractivity contribution is 0.292. The molecule has 4 nitrogen and oxygen atoms in total. The maximum Gasteiger partial charge on any atom is 0.170 e. The van der Waals surface area contributed by atoms with Crippen LogP contribution in [0.1, 0.15) is 57.9 Å². The van der Waals surface area contributed by atoms with E-state index in [4.69, 9.17) is 17.2 Å². The largest absolute Gasteiger partial charge is 0.362 e. The molecule has 2 atom stereocenters. The van der Waals surface area contributed by atoms with Gasteiger partial charge in [0.05, 0.1) is 11.9 Å². The minimum Gasteiger partial charge on any atom is -0.362 e. The lowest BCUT2D eigenvalue weighted by Crippen LogP contribution is -2.43. The highest BCUT2D eigenvalue weighted by Gasteiger charge is 2.33. The Labute approximate surface area is 192 Å². The number of nitrogens with one attached hydrogen (secondary N) is 2. The quantitative estimate of drug-likeness (QED) is 0.584. The maximum atomic E-state index is 5.63. The van der Waals surface area contributed by atoms with Gasteiger partial charge in [0.25, 0.3) is 0 Å². The number of nitrogens with zero attached hydrogens (tertiary/aromatic N) is 2. The number of rotatable bonds is 5. The SMILES string of the molecule is C[C@@H]1C[C@@H](C)CN(c2ccc(NC(=S)NCC3(c4ccccc4)CCCCC3)cn2)C1. The second-order valence-corrected chi connectivity index (χ2v) is 10.2. The van der Waals surface area contributed by atoms with Crippen LogP contribution in [0.25, 0.3) is 0 Å². The molecule has 2 heterocycles. The van der Waals surface area contributed by atoms with E-state index in [9.17, 15) is 0 Å². The Morgan fingerprint density at radius 3 is 2.39 bits per heavy atom. The van der Waals surface area contributed by atoms with Gasteiger partial charge in [-0.05, 0) is 61.0 Å². The van der Waals surface area contributed by atoms with Crippen molar-refractivity contribution >= 4 is 28.8 Å². The number of hydrogen-bond donors (Lipinski definition) is 2. The highest BCUT2D eigenvalue weighted by Crippen LogP contribution is 2.39. The predicted molar refractivity (Wildman–Crippen MR) is 135 cm³/mol. The van der Waals surface area contributed by atoms with Crippen molar-refractivity contribution in [1.82, 2.24) is 10.3 Å². The van der Waals surface area contributed by atoms with Crippen LogP contribution in [0.15, 0.2) is 48.7 Å². The second-order valence-electron chi connectivity index (χ2n) is 9.77. The Kier molecular flexibility index (Phi) is 7.11. The maximum absolute atomic E-state index is 5.63. The smallest absolute Gasteiger partial charge is 0.170 e. The minimum atomic E-state index is 0.176. The van der Waals surface area contributed by atoms with E-state index < -0.39 is 0 Å². The van der Waals surface area contributed by atoms with Crippen molar-refractivity contribution in [3.8, 4) is 0 Å². The van der Waals surface area contributed by atoms with Crippen molar-refractivity contribution in [3.05, 3.63) is 54.2 Å². The van der Waals surface area contributed by atoms with Gasteiger partial charge in [-0.3, -0.25) is 0 Å². The molecule has 1 saturated heterocycles. The summed E-state index contributed by atoms with van der Waals surface area (Å²) in [5.74, 6) is 2.50. The van der Waals surface area contributed by atoms with E-state index in [1.54, 1.807) is 0 Å². The fraction of sp³-hybridized carbons (Fsp3) is 0.538. The Balaban J connectivity index is 1.35. The topological polar surface area (TPSA) is 40.2 Å². The molecule has 31 heavy (non-hydrogen) atoms. The van der Waals surface area contributed by atoms with Gasteiger partial charge in [0.1, 0.15) is 5.82 Å². The van der Waals surface area contributed by atoms with Crippen LogP contribution < -0.4 is 15.5 Å². The Morgan fingerprint density at radius 2 is 1.74 bits per heavy atom. The second kappa shape index (κ2) is 9.99. The first kappa shape index (κ1) is 22.1. The number of aromatic nitrogens is 1. The van der Waals surface area contributed by atoms with Gasteiger partial charge < -0.3 is 15.5 Å². The molecule has 1 aromatic heterocycles. The molecule has 5 heteroatoms. The molecule has 0 unspecified atom stereocenters. The van der Waals surface area contributed by atoms with Crippen LogP contribution in [0, 0.1) is 11.8 Å². The molecule has 0 bridgehead atoms. The summed E-state index contributed by atoms with van der Waals surface area (Å²) in [6.45, 7) is 7.71. The van der Waals surface area contributed by atoms with Gasteiger partial charge in [-0.1, -0.05) is 63.4 Å². The Bertz CT molecular complexity index is 835. The zero-order chi connectivity index (χ0) is 21.7. The van der Waals surface area contributed by atoms with Gasteiger partial charge in [-0.15, -0.1) is 0 Å². The van der Waals surface area contributed by atoms with Crippen LogP contribution in [0.2, 0.25) is 0 Å². The summed E-state index contributed by atoms with van der Waals surface area (Å²) in [7, 11) is 0. The lowest BCUT2D eigenvalue weighted by atomic mass is 9.69. The van der Waals surface area contributed by atoms with Crippen LogP contribution >= 0.6 is 12.2 Å². The summed E-state index contributed by atoms with van der Waals surface area (Å²) >= 11 is 5.63. The summed E-state index contributed by atoms with van der Waals surface area (Å²) < 4.78 is 0. The van der Waals surface area contributed by atoms with Gasteiger partial charge >= 0.3 is 0 Å². The van der Waals surface area contributed by atoms with E-state index in [0.29, 0.717) is 5.11 Å². The van der Waals surface area contributed by atoms with Gasteiger partial charge in [-0.25, -0.2) is 4.98 Å². The highest BCUT2D eigenvalue weighted by atomic mass is 32.1. The number of anilines is 2. The van der Waals surface area contributed by atoms with Gasteiger partial charge in [-0.2, -0.15) is 0 Å². The third kappa shape index (κ3) is 5.57. The summed E-state index contributed by atoms with van der Waals surface area (Å²) in [5.41, 5.74) is 2.55. The average molecular weight is 437 g/mol. The number of piperidine rings is 1. The molecule has 0 spiro atoms. The number of pyridine rings is 1. The van der Waals surface area contributed by atoms with E-state index in [-0.39, 0.29) is 5.41 Å². The van der Waals surface area contributed by atoms with Crippen LogP contribution in [-0.2, 0) is 5.41 Å². The van der Waals surface area contributed by atoms with Gasteiger partial charge in [0.2, 0.25) is 0 Å². The average Bonchev–Trinajstić information content (AvgIpc) is 2.79. The van der Waals surface area contributed by atoms with Crippen molar-refractivity contribution in [2.45, 2.75) is 57.8 Å². The molecule has 2 aliphatic rings. The molecule has 4 rings (SSSR count). The first-order valence-corrected chi connectivity index (χ1v) is 12.3. The number of benzene rings is 1. The molecule has 1 aliphatic carbocycles. The van der Waals surface area contributed by atoms with Crippen LogP contribution in [0.3, 0.4) is 0 Å². The zero-order valence-corrected chi connectivity index (χ0v) is 19.8. The van der Waals surface area contributed by atoms with Crippen LogP contribution in [-0.4, -0.2) is 29.7 Å². The molecular weight excluding hydrogens is 400 g/mol. The first-order valence-electron chi connectivity index (χ1n) is 11.9. The molecule has 1 saturated carbocycles. The van der Waals surface area contributed by atoms with E-state index in [1.807, 2.05) is 6.20 Å². The highest BCUT2D eigenvalue weighted by molar-refractivity contribution is 7.80. The van der Waals surface area contributed by atoms with Crippen molar-refractivity contribution in [3.63, 3.8) is 0 Å². The van der Waals surface area contributed by atoms with Gasteiger partial charge in [0, 0.05) is 25.0 Å². The molecule has 0 radical (unpaired) electrons. The normalized spacial score (nSPS) is 23.2.